The number of rotatable bonds is 17. The van der Waals surface area contributed by atoms with Crippen LogP contribution in [-0.2, 0) is 0 Å². The molecule has 0 spiro atoms. The van der Waals surface area contributed by atoms with E-state index < -0.39 is 4.92 Å². The van der Waals surface area contributed by atoms with Crippen LogP contribution < -0.4 is 10.2 Å². The highest BCUT2D eigenvalue weighted by Crippen LogP contribution is 2.26. The SMILES string of the molecule is CCCCCCCCCCCCOc1ccc(/C(CC)=N/Nc2ccc([N+](=O)[O-])cc2)c(O)c1. The van der Waals surface area contributed by atoms with Crippen LogP contribution in [0.15, 0.2) is 47.6 Å². The summed E-state index contributed by atoms with van der Waals surface area (Å²) in [4.78, 5) is 10.3. The van der Waals surface area contributed by atoms with E-state index in [1.807, 2.05) is 19.1 Å². The van der Waals surface area contributed by atoms with Gasteiger partial charge in [-0.15, -0.1) is 0 Å². The van der Waals surface area contributed by atoms with Crippen LogP contribution in [0.2, 0.25) is 0 Å². The second-order valence-corrected chi connectivity index (χ2v) is 8.54. The highest BCUT2D eigenvalue weighted by molar-refractivity contribution is 6.03. The molecule has 2 aromatic carbocycles. The molecular weight excluding hydrogens is 430 g/mol. The number of anilines is 1. The third-order valence-corrected chi connectivity index (χ3v) is 5.78. The molecule has 0 heterocycles. The van der Waals surface area contributed by atoms with Gasteiger partial charge in [0.05, 0.1) is 22.9 Å². The average Bonchev–Trinajstić information content (AvgIpc) is 2.84. The third-order valence-electron chi connectivity index (χ3n) is 5.78. The second-order valence-electron chi connectivity index (χ2n) is 8.54. The zero-order chi connectivity index (χ0) is 24.6. The number of hydrogen-bond donors (Lipinski definition) is 2. The smallest absolute Gasteiger partial charge is 0.269 e. The fraction of sp³-hybridized carbons (Fsp3) is 0.519. The van der Waals surface area contributed by atoms with Crippen LogP contribution in [0.4, 0.5) is 11.4 Å². The molecule has 34 heavy (non-hydrogen) atoms. The summed E-state index contributed by atoms with van der Waals surface area (Å²) in [5.41, 5.74) is 4.86. The van der Waals surface area contributed by atoms with E-state index in [1.54, 1.807) is 18.2 Å². The van der Waals surface area contributed by atoms with Crippen molar-refractivity contribution in [1.82, 2.24) is 0 Å². The van der Waals surface area contributed by atoms with E-state index in [2.05, 4.69) is 17.5 Å². The van der Waals surface area contributed by atoms with Crippen molar-refractivity contribution in [2.24, 2.45) is 5.10 Å². The maximum Gasteiger partial charge on any atom is 0.269 e. The summed E-state index contributed by atoms with van der Waals surface area (Å²) in [5, 5.41) is 25.6. The maximum atomic E-state index is 10.8. The van der Waals surface area contributed by atoms with Gasteiger partial charge in [0.15, 0.2) is 0 Å². The summed E-state index contributed by atoms with van der Waals surface area (Å²) in [6, 6.07) is 11.3. The number of aromatic hydroxyl groups is 1. The van der Waals surface area contributed by atoms with Gasteiger partial charge in [0.2, 0.25) is 0 Å². The largest absolute Gasteiger partial charge is 0.507 e. The Balaban J connectivity index is 1.75. The first-order chi connectivity index (χ1) is 16.5. The Morgan fingerprint density at radius 1 is 0.941 bits per heavy atom. The third kappa shape index (κ3) is 9.81. The quantitative estimate of drug-likeness (QED) is 0.106. The van der Waals surface area contributed by atoms with Crippen molar-refractivity contribution in [2.45, 2.75) is 84.5 Å². The number of phenols is 1. The molecule has 186 valence electrons. The molecule has 0 aliphatic heterocycles. The van der Waals surface area contributed by atoms with Gasteiger partial charge in [-0.3, -0.25) is 15.5 Å². The summed E-state index contributed by atoms with van der Waals surface area (Å²) >= 11 is 0. The van der Waals surface area contributed by atoms with Crippen molar-refractivity contribution in [1.29, 1.82) is 0 Å². The van der Waals surface area contributed by atoms with Crippen LogP contribution >= 0.6 is 0 Å². The number of nitro groups is 1. The number of ether oxygens (including phenoxy) is 1. The highest BCUT2D eigenvalue weighted by atomic mass is 16.6. The summed E-state index contributed by atoms with van der Waals surface area (Å²) in [6.45, 7) is 4.84. The molecule has 2 aromatic rings. The predicted molar refractivity (Wildman–Crippen MR) is 139 cm³/mol. The van der Waals surface area contributed by atoms with Gasteiger partial charge in [-0.1, -0.05) is 71.6 Å². The van der Waals surface area contributed by atoms with E-state index in [0.29, 0.717) is 35.7 Å². The lowest BCUT2D eigenvalue weighted by atomic mass is 10.1. The Labute approximate surface area is 203 Å². The zero-order valence-electron chi connectivity index (χ0n) is 20.6. The number of benzene rings is 2. The second kappa shape index (κ2) is 15.7. The Morgan fingerprint density at radius 2 is 1.56 bits per heavy atom. The van der Waals surface area contributed by atoms with Gasteiger partial charge >= 0.3 is 0 Å². The van der Waals surface area contributed by atoms with E-state index in [9.17, 15) is 15.2 Å². The van der Waals surface area contributed by atoms with Gasteiger partial charge in [0.1, 0.15) is 11.5 Å². The van der Waals surface area contributed by atoms with E-state index in [4.69, 9.17) is 4.74 Å². The van der Waals surface area contributed by atoms with Gasteiger partial charge in [0, 0.05) is 23.8 Å². The molecule has 0 radical (unpaired) electrons. The first-order valence-corrected chi connectivity index (χ1v) is 12.6. The van der Waals surface area contributed by atoms with Crippen LogP contribution in [0.25, 0.3) is 0 Å². The number of nitro benzene ring substituents is 1. The number of non-ortho nitro benzene ring substituents is 1. The lowest BCUT2D eigenvalue weighted by Gasteiger charge is -2.11. The van der Waals surface area contributed by atoms with E-state index in [-0.39, 0.29) is 11.4 Å². The minimum absolute atomic E-state index is 0.0243. The maximum absolute atomic E-state index is 10.8. The fourth-order valence-corrected chi connectivity index (χ4v) is 3.74. The monoisotopic (exact) mass is 469 g/mol. The zero-order valence-corrected chi connectivity index (χ0v) is 20.6. The summed E-state index contributed by atoms with van der Waals surface area (Å²) in [6.07, 6.45) is 13.4. The fourth-order valence-electron chi connectivity index (χ4n) is 3.74. The van der Waals surface area contributed by atoms with Crippen LogP contribution in [0.5, 0.6) is 11.5 Å². The first kappa shape index (κ1) is 27.2. The lowest BCUT2D eigenvalue weighted by Crippen LogP contribution is -2.04. The summed E-state index contributed by atoms with van der Waals surface area (Å²) in [7, 11) is 0. The van der Waals surface area contributed by atoms with Gasteiger partial charge in [0.25, 0.3) is 5.69 Å². The van der Waals surface area contributed by atoms with E-state index in [0.717, 1.165) is 6.42 Å². The van der Waals surface area contributed by atoms with Crippen molar-refractivity contribution in [3.63, 3.8) is 0 Å². The molecule has 7 heteroatoms. The van der Waals surface area contributed by atoms with E-state index in [1.165, 1.54) is 69.9 Å². The van der Waals surface area contributed by atoms with Crippen LogP contribution in [0, 0.1) is 10.1 Å². The minimum Gasteiger partial charge on any atom is -0.507 e. The molecule has 0 atom stereocenters. The molecule has 2 N–H and O–H groups in total. The normalized spacial score (nSPS) is 11.4. The number of phenolic OH excluding ortho intramolecular Hbond substituents is 1. The van der Waals surface area contributed by atoms with Crippen molar-refractivity contribution in [3.8, 4) is 11.5 Å². The Kier molecular flexibility index (Phi) is 12.5. The minimum atomic E-state index is -0.442. The number of hydrazone groups is 1. The first-order valence-electron chi connectivity index (χ1n) is 12.6. The molecule has 7 nitrogen and oxygen atoms in total. The Morgan fingerprint density at radius 3 is 2.12 bits per heavy atom. The topological polar surface area (TPSA) is 97.0 Å². The van der Waals surface area contributed by atoms with Crippen molar-refractivity contribution < 1.29 is 14.8 Å². The van der Waals surface area contributed by atoms with Crippen molar-refractivity contribution in [2.75, 3.05) is 12.0 Å². The molecule has 0 saturated heterocycles. The standard InChI is InChI=1S/C27H39N3O4/c1-3-5-6-7-8-9-10-11-12-13-20-34-24-18-19-25(27(31)21-24)26(4-2)29-28-22-14-16-23(17-15-22)30(32)33/h14-19,21,28,31H,3-13,20H2,1-2H3/b29-26+. The number of hydrogen-bond acceptors (Lipinski definition) is 6. The van der Waals surface area contributed by atoms with Crippen molar-refractivity contribution in [3.05, 3.63) is 58.1 Å². The molecule has 0 unspecified atom stereocenters. The molecular formula is C27H39N3O4. The number of unbranched alkanes of at least 4 members (excludes halogenated alkanes) is 9. The van der Waals surface area contributed by atoms with Gasteiger partial charge in [-0.05, 0) is 37.1 Å². The molecule has 0 saturated carbocycles. The summed E-state index contributed by atoms with van der Waals surface area (Å²) < 4.78 is 5.82. The van der Waals surface area contributed by atoms with Crippen LogP contribution in [0.3, 0.4) is 0 Å². The van der Waals surface area contributed by atoms with Gasteiger partial charge in [-0.2, -0.15) is 5.10 Å². The van der Waals surface area contributed by atoms with Crippen molar-refractivity contribution >= 4 is 17.1 Å². The Hall–Kier alpha value is -3.09. The number of nitrogens with one attached hydrogen (secondary N) is 1. The average molecular weight is 470 g/mol. The molecule has 0 aliphatic carbocycles. The lowest BCUT2D eigenvalue weighted by molar-refractivity contribution is -0.384. The van der Waals surface area contributed by atoms with Gasteiger partial charge < -0.3 is 9.84 Å². The van der Waals surface area contributed by atoms with Crippen LogP contribution in [0.1, 0.15) is 90.0 Å². The molecule has 0 bridgehead atoms. The highest BCUT2D eigenvalue weighted by Gasteiger charge is 2.10. The molecule has 0 aromatic heterocycles. The summed E-state index contributed by atoms with van der Waals surface area (Å²) in [5.74, 6) is 0.766. The van der Waals surface area contributed by atoms with Gasteiger partial charge in [-0.25, -0.2) is 0 Å². The van der Waals surface area contributed by atoms with Crippen LogP contribution in [-0.4, -0.2) is 22.3 Å². The van der Waals surface area contributed by atoms with E-state index >= 15 is 0 Å². The predicted octanol–water partition coefficient (Wildman–Crippen LogP) is 7.83. The number of nitrogens with zero attached hydrogens (tertiary/aromatic N) is 2. The molecule has 0 amide bonds. The molecule has 0 aliphatic rings. The molecule has 0 fully saturated rings. The Bertz CT molecular complexity index is 897. The molecule has 2 rings (SSSR count).